The van der Waals surface area contributed by atoms with Gasteiger partial charge in [0.15, 0.2) is 0 Å². The highest BCUT2D eigenvalue weighted by atomic mass is 79.9. The van der Waals surface area contributed by atoms with Gasteiger partial charge in [-0.05, 0) is 31.4 Å². The number of hydrogen-bond donors (Lipinski definition) is 1. The summed E-state index contributed by atoms with van der Waals surface area (Å²) in [7, 11) is 0. The Balaban J connectivity index is 2.71. The lowest BCUT2D eigenvalue weighted by atomic mass is 10.1. The number of hydrogen-bond acceptors (Lipinski definition) is 2. The number of aliphatic hydroxyl groups is 1. The van der Waals surface area contributed by atoms with Crippen molar-refractivity contribution in [2.45, 2.75) is 39.7 Å². The van der Waals surface area contributed by atoms with Gasteiger partial charge in [-0.25, -0.2) is 0 Å². The molecule has 0 radical (unpaired) electrons. The first-order valence-electron chi connectivity index (χ1n) is 6.14. The van der Waals surface area contributed by atoms with E-state index in [1.165, 1.54) is 6.42 Å². The van der Waals surface area contributed by atoms with Crippen LogP contribution < -0.4 is 4.74 Å². The Bertz CT molecular complexity index is 350. The van der Waals surface area contributed by atoms with Crippen LogP contribution in [0.3, 0.4) is 0 Å². The topological polar surface area (TPSA) is 29.5 Å². The summed E-state index contributed by atoms with van der Waals surface area (Å²) in [5.41, 5.74) is 0.844. The van der Waals surface area contributed by atoms with Gasteiger partial charge in [-0.3, -0.25) is 0 Å². The summed E-state index contributed by atoms with van der Waals surface area (Å²) in [6.45, 7) is 6.82. The highest BCUT2D eigenvalue weighted by molar-refractivity contribution is 9.10. The van der Waals surface area contributed by atoms with Crippen molar-refractivity contribution in [3.8, 4) is 5.75 Å². The van der Waals surface area contributed by atoms with Crippen LogP contribution in [0.5, 0.6) is 5.75 Å². The quantitative estimate of drug-likeness (QED) is 0.848. The van der Waals surface area contributed by atoms with Crippen LogP contribution >= 0.6 is 15.9 Å². The van der Waals surface area contributed by atoms with Crippen molar-refractivity contribution < 1.29 is 9.84 Å². The second-order valence-electron chi connectivity index (χ2n) is 4.56. The number of rotatable bonds is 6. The molecular formula is C14H21BrO2. The first-order valence-corrected chi connectivity index (χ1v) is 6.94. The molecule has 0 aromatic heterocycles. The second-order valence-corrected chi connectivity index (χ2v) is 5.48. The average Bonchev–Trinajstić information content (AvgIpc) is 2.26. The van der Waals surface area contributed by atoms with Gasteiger partial charge in [-0.15, -0.1) is 0 Å². The molecule has 0 heterocycles. The van der Waals surface area contributed by atoms with E-state index in [-0.39, 0.29) is 0 Å². The van der Waals surface area contributed by atoms with Crippen LogP contribution in [0, 0.1) is 5.92 Å². The summed E-state index contributed by atoms with van der Waals surface area (Å²) in [5, 5.41) is 9.67. The highest BCUT2D eigenvalue weighted by Gasteiger charge is 2.11. The molecule has 0 aliphatic heterocycles. The Labute approximate surface area is 112 Å². The fourth-order valence-corrected chi connectivity index (χ4v) is 2.13. The Morgan fingerprint density at radius 1 is 1.35 bits per heavy atom. The van der Waals surface area contributed by atoms with E-state index in [1.54, 1.807) is 6.92 Å². The van der Waals surface area contributed by atoms with Gasteiger partial charge in [-0.2, -0.15) is 0 Å². The summed E-state index contributed by atoms with van der Waals surface area (Å²) >= 11 is 3.42. The van der Waals surface area contributed by atoms with Crippen LogP contribution in [-0.4, -0.2) is 11.7 Å². The number of ether oxygens (including phenoxy) is 1. The van der Waals surface area contributed by atoms with Gasteiger partial charge < -0.3 is 9.84 Å². The summed E-state index contributed by atoms with van der Waals surface area (Å²) in [5.74, 6) is 1.32. The molecule has 1 aromatic rings. The molecule has 3 heteroatoms. The van der Waals surface area contributed by atoms with Gasteiger partial charge in [0.05, 0.1) is 12.7 Å². The third-order valence-electron chi connectivity index (χ3n) is 2.73. The van der Waals surface area contributed by atoms with Crippen molar-refractivity contribution in [2.75, 3.05) is 6.61 Å². The number of halogens is 1. The zero-order chi connectivity index (χ0) is 12.8. The van der Waals surface area contributed by atoms with Gasteiger partial charge in [0.1, 0.15) is 5.75 Å². The Morgan fingerprint density at radius 3 is 2.65 bits per heavy atom. The van der Waals surface area contributed by atoms with E-state index in [1.807, 2.05) is 18.2 Å². The normalized spacial score (nSPS) is 14.4. The summed E-state index contributed by atoms with van der Waals surface area (Å²) < 4.78 is 6.78. The minimum absolute atomic E-state index is 0.500. The molecule has 0 bridgehead atoms. The summed E-state index contributed by atoms with van der Waals surface area (Å²) in [4.78, 5) is 0. The monoisotopic (exact) mass is 300 g/mol. The Kier molecular flexibility index (Phi) is 6.00. The van der Waals surface area contributed by atoms with Crippen molar-refractivity contribution in [1.82, 2.24) is 0 Å². The standard InChI is InChI=1S/C14H21BrO2/c1-4-5-10(2)9-17-14-8-12(15)6-7-13(14)11(3)16/h6-8,10-11,16H,4-5,9H2,1-3H3/t10?,11-/m1/s1. The molecule has 1 aromatic carbocycles. The maximum Gasteiger partial charge on any atom is 0.126 e. The maximum atomic E-state index is 9.67. The van der Waals surface area contributed by atoms with Gasteiger partial charge in [0.2, 0.25) is 0 Å². The fourth-order valence-electron chi connectivity index (χ4n) is 1.79. The van der Waals surface area contributed by atoms with E-state index < -0.39 is 6.10 Å². The largest absolute Gasteiger partial charge is 0.493 e. The minimum atomic E-state index is -0.500. The fraction of sp³-hybridized carbons (Fsp3) is 0.571. The summed E-state index contributed by atoms with van der Waals surface area (Å²) in [6.07, 6.45) is 1.84. The van der Waals surface area contributed by atoms with Gasteiger partial charge in [0, 0.05) is 10.0 Å². The van der Waals surface area contributed by atoms with Crippen molar-refractivity contribution in [1.29, 1.82) is 0 Å². The molecule has 0 saturated carbocycles. The molecule has 0 saturated heterocycles. The molecule has 2 nitrogen and oxygen atoms in total. The van der Waals surface area contributed by atoms with Crippen molar-refractivity contribution in [3.05, 3.63) is 28.2 Å². The number of benzene rings is 1. The maximum absolute atomic E-state index is 9.67. The van der Waals surface area contributed by atoms with E-state index in [2.05, 4.69) is 29.8 Å². The lowest BCUT2D eigenvalue weighted by molar-refractivity contribution is 0.186. The molecule has 1 rings (SSSR count). The minimum Gasteiger partial charge on any atom is -0.493 e. The molecule has 0 spiro atoms. The second kappa shape index (κ2) is 7.02. The first kappa shape index (κ1) is 14.5. The third-order valence-corrected chi connectivity index (χ3v) is 3.22. The lowest BCUT2D eigenvalue weighted by Crippen LogP contribution is -2.10. The van der Waals surface area contributed by atoms with Crippen LogP contribution in [0.1, 0.15) is 45.3 Å². The average molecular weight is 301 g/mol. The molecule has 1 N–H and O–H groups in total. The van der Waals surface area contributed by atoms with Crippen molar-refractivity contribution in [3.63, 3.8) is 0 Å². The van der Waals surface area contributed by atoms with E-state index in [4.69, 9.17) is 4.74 Å². The smallest absolute Gasteiger partial charge is 0.126 e. The van der Waals surface area contributed by atoms with Gasteiger partial charge >= 0.3 is 0 Å². The first-order chi connectivity index (χ1) is 8.04. The molecular weight excluding hydrogens is 280 g/mol. The van der Waals surface area contributed by atoms with Crippen LogP contribution in [-0.2, 0) is 0 Å². The van der Waals surface area contributed by atoms with Crippen LogP contribution in [0.4, 0.5) is 0 Å². The van der Waals surface area contributed by atoms with Crippen LogP contribution in [0.25, 0.3) is 0 Å². The Hall–Kier alpha value is -0.540. The molecule has 0 aliphatic carbocycles. The van der Waals surface area contributed by atoms with Crippen LogP contribution in [0.2, 0.25) is 0 Å². The predicted octanol–water partition coefficient (Wildman–Crippen LogP) is 4.32. The zero-order valence-electron chi connectivity index (χ0n) is 10.7. The molecule has 96 valence electrons. The van der Waals surface area contributed by atoms with Gasteiger partial charge in [0.25, 0.3) is 0 Å². The summed E-state index contributed by atoms with van der Waals surface area (Å²) in [6, 6.07) is 5.74. The molecule has 17 heavy (non-hydrogen) atoms. The SMILES string of the molecule is CCCC(C)COc1cc(Br)ccc1[C@@H](C)O. The molecule has 2 atom stereocenters. The van der Waals surface area contributed by atoms with E-state index in [9.17, 15) is 5.11 Å². The van der Waals surface area contributed by atoms with Crippen LogP contribution in [0.15, 0.2) is 22.7 Å². The van der Waals surface area contributed by atoms with Crippen molar-refractivity contribution in [2.24, 2.45) is 5.92 Å². The van der Waals surface area contributed by atoms with Gasteiger partial charge in [-0.1, -0.05) is 42.3 Å². The predicted molar refractivity (Wildman–Crippen MR) is 74.3 cm³/mol. The van der Waals surface area contributed by atoms with Crippen molar-refractivity contribution >= 4 is 15.9 Å². The highest BCUT2D eigenvalue weighted by Crippen LogP contribution is 2.29. The molecule has 0 fully saturated rings. The molecule has 0 aliphatic rings. The number of aliphatic hydroxyl groups excluding tert-OH is 1. The molecule has 0 amide bonds. The van der Waals surface area contributed by atoms with E-state index in [0.29, 0.717) is 12.5 Å². The zero-order valence-corrected chi connectivity index (χ0v) is 12.3. The Morgan fingerprint density at radius 2 is 2.06 bits per heavy atom. The lowest BCUT2D eigenvalue weighted by Gasteiger charge is -2.16. The van der Waals surface area contributed by atoms with E-state index >= 15 is 0 Å². The third kappa shape index (κ3) is 4.68. The molecule has 1 unspecified atom stereocenters. The van der Waals surface area contributed by atoms with E-state index in [0.717, 1.165) is 22.2 Å².